The molecule has 1 saturated carbocycles. The molecule has 0 atom stereocenters. The van der Waals surface area contributed by atoms with Gasteiger partial charge in [-0.3, -0.25) is 9.79 Å². The Morgan fingerprint density at radius 2 is 2.08 bits per heavy atom. The molecule has 1 aliphatic carbocycles. The van der Waals surface area contributed by atoms with Crippen LogP contribution in [0.3, 0.4) is 0 Å². The van der Waals surface area contributed by atoms with Gasteiger partial charge in [-0.05, 0) is 43.4 Å². The summed E-state index contributed by atoms with van der Waals surface area (Å²) in [7, 11) is 0. The second-order valence-corrected chi connectivity index (χ2v) is 6.20. The van der Waals surface area contributed by atoms with Crippen LogP contribution in [-0.2, 0) is 9.53 Å². The molecular formula is C20H20N2O2. The third-order valence-electron chi connectivity index (χ3n) is 4.79. The average molecular weight is 320 g/mol. The van der Waals surface area contributed by atoms with Crippen molar-refractivity contribution in [1.29, 1.82) is 5.26 Å². The van der Waals surface area contributed by atoms with Crippen molar-refractivity contribution in [3.63, 3.8) is 0 Å². The molecule has 0 amide bonds. The van der Waals surface area contributed by atoms with Gasteiger partial charge in [0.1, 0.15) is 0 Å². The molecule has 0 radical (unpaired) electrons. The van der Waals surface area contributed by atoms with Gasteiger partial charge < -0.3 is 4.74 Å². The molecule has 1 aromatic rings. The summed E-state index contributed by atoms with van der Waals surface area (Å²) < 4.78 is 5.38. The quantitative estimate of drug-likeness (QED) is 0.483. The molecule has 4 nitrogen and oxygen atoms in total. The van der Waals surface area contributed by atoms with Gasteiger partial charge in [-0.1, -0.05) is 24.3 Å². The van der Waals surface area contributed by atoms with E-state index in [0.717, 1.165) is 36.0 Å². The van der Waals surface area contributed by atoms with Gasteiger partial charge in [-0.15, -0.1) is 0 Å². The van der Waals surface area contributed by atoms with Crippen LogP contribution >= 0.6 is 0 Å². The van der Waals surface area contributed by atoms with Crippen molar-refractivity contribution < 1.29 is 9.53 Å². The Balaban J connectivity index is 1.91. The van der Waals surface area contributed by atoms with Crippen molar-refractivity contribution in [3.8, 4) is 6.07 Å². The lowest BCUT2D eigenvalue weighted by atomic mass is 9.60. The maximum absolute atomic E-state index is 12.7. The highest BCUT2D eigenvalue weighted by molar-refractivity contribution is 6.10. The van der Waals surface area contributed by atoms with Gasteiger partial charge in [0, 0.05) is 36.5 Å². The standard InChI is InChI=1S/C20H20N2O2/c1-2-22-18(7-10-21)17-6-4-3-5-15(17)13-16-14-20(19(16)23)8-11-24-12-9-20/h2-7,13H,8-9,11-12,14H2,1H3/b16-13+,18-7-,22-2-. The average Bonchev–Trinajstić information content (AvgIpc) is 2.62. The first kappa shape index (κ1) is 16.4. The van der Waals surface area contributed by atoms with E-state index in [1.165, 1.54) is 6.08 Å². The molecule has 2 fully saturated rings. The number of ether oxygens (including phenoxy) is 1. The first-order chi connectivity index (χ1) is 11.7. The van der Waals surface area contributed by atoms with Crippen LogP contribution in [0.5, 0.6) is 0 Å². The van der Waals surface area contributed by atoms with Gasteiger partial charge >= 0.3 is 0 Å². The molecule has 1 saturated heterocycles. The minimum Gasteiger partial charge on any atom is -0.381 e. The topological polar surface area (TPSA) is 62.4 Å². The van der Waals surface area contributed by atoms with E-state index in [1.807, 2.05) is 43.3 Å². The van der Waals surface area contributed by atoms with Gasteiger partial charge in [-0.25, -0.2) is 0 Å². The third-order valence-corrected chi connectivity index (χ3v) is 4.79. The zero-order chi connectivity index (χ0) is 17.0. The minimum absolute atomic E-state index is 0.189. The first-order valence-corrected chi connectivity index (χ1v) is 8.21. The molecule has 0 N–H and O–H groups in total. The molecular weight excluding hydrogens is 300 g/mol. The number of rotatable bonds is 3. The van der Waals surface area contributed by atoms with Gasteiger partial charge in [-0.2, -0.15) is 5.26 Å². The van der Waals surface area contributed by atoms with E-state index in [4.69, 9.17) is 10.00 Å². The van der Waals surface area contributed by atoms with Crippen molar-refractivity contribution >= 4 is 23.8 Å². The van der Waals surface area contributed by atoms with Gasteiger partial charge in [0.2, 0.25) is 0 Å². The third kappa shape index (κ3) is 2.95. The fourth-order valence-electron chi connectivity index (χ4n) is 3.47. The van der Waals surface area contributed by atoms with E-state index in [2.05, 4.69) is 4.99 Å². The summed E-state index contributed by atoms with van der Waals surface area (Å²) in [6, 6.07) is 9.77. The van der Waals surface area contributed by atoms with Gasteiger partial charge in [0.15, 0.2) is 5.78 Å². The maximum Gasteiger partial charge on any atom is 0.165 e. The van der Waals surface area contributed by atoms with E-state index in [0.29, 0.717) is 18.9 Å². The first-order valence-electron chi connectivity index (χ1n) is 8.21. The van der Waals surface area contributed by atoms with E-state index < -0.39 is 0 Å². The van der Waals surface area contributed by atoms with Gasteiger partial charge in [0.05, 0.1) is 11.8 Å². The highest BCUT2D eigenvalue weighted by Gasteiger charge is 2.50. The van der Waals surface area contributed by atoms with Crippen molar-refractivity contribution in [1.82, 2.24) is 0 Å². The number of carbonyl (C=O) groups excluding carboxylic acids is 1. The summed E-state index contributed by atoms with van der Waals surface area (Å²) in [5, 5.41) is 8.98. The lowest BCUT2D eigenvalue weighted by molar-refractivity contribution is -0.137. The number of Topliss-reactive ketones (excluding diaryl/α,β-unsaturated/α-hetero) is 1. The Bertz CT molecular complexity index is 775. The lowest BCUT2D eigenvalue weighted by Crippen LogP contribution is -2.46. The lowest BCUT2D eigenvalue weighted by Gasteiger charge is -2.44. The maximum atomic E-state index is 12.7. The molecule has 1 spiro atoms. The molecule has 0 aromatic heterocycles. The molecule has 4 heteroatoms. The summed E-state index contributed by atoms with van der Waals surface area (Å²) in [4.78, 5) is 16.9. The zero-order valence-corrected chi connectivity index (χ0v) is 13.8. The second-order valence-electron chi connectivity index (χ2n) is 6.20. The van der Waals surface area contributed by atoms with Crippen LogP contribution in [0.4, 0.5) is 0 Å². The molecule has 1 aromatic carbocycles. The Morgan fingerprint density at radius 1 is 1.33 bits per heavy atom. The molecule has 122 valence electrons. The number of nitrogens with zero attached hydrogens (tertiary/aromatic N) is 2. The Labute approximate surface area is 142 Å². The zero-order valence-electron chi connectivity index (χ0n) is 13.8. The number of ketones is 1. The van der Waals surface area contributed by atoms with Crippen LogP contribution in [0, 0.1) is 16.7 Å². The monoisotopic (exact) mass is 320 g/mol. The number of benzene rings is 1. The number of hydrogen-bond acceptors (Lipinski definition) is 4. The molecule has 1 heterocycles. The second kappa shape index (κ2) is 6.94. The highest BCUT2D eigenvalue weighted by Crippen LogP contribution is 2.49. The van der Waals surface area contributed by atoms with Crippen molar-refractivity contribution in [2.45, 2.75) is 26.2 Å². The summed E-state index contributed by atoms with van der Waals surface area (Å²) in [6.45, 7) is 3.17. The molecule has 24 heavy (non-hydrogen) atoms. The van der Waals surface area contributed by atoms with Gasteiger partial charge in [0.25, 0.3) is 0 Å². The fourth-order valence-corrected chi connectivity index (χ4v) is 3.47. The fraction of sp³-hybridized carbons (Fsp3) is 0.350. The SMILES string of the molecule is C/C=N\C(=C/C#N)c1ccccc1/C=C1\CC2(CCOCC2)C1=O. The van der Waals surface area contributed by atoms with E-state index in [9.17, 15) is 4.79 Å². The summed E-state index contributed by atoms with van der Waals surface area (Å²) in [6.07, 6.45) is 7.51. The van der Waals surface area contributed by atoms with E-state index in [1.54, 1.807) is 6.21 Å². The van der Waals surface area contributed by atoms with Crippen LogP contribution in [0.15, 0.2) is 40.9 Å². The number of aliphatic imine (C=N–C) groups is 1. The molecule has 0 bridgehead atoms. The van der Waals surface area contributed by atoms with Crippen LogP contribution < -0.4 is 0 Å². The molecule has 1 aliphatic heterocycles. The largest absolute Gasteiger partial charge is 0.381 e. The number of carbonyl (C=O) groups is 1. The number of nitriles is 1. The Hall–Kier alpha value is -2.51. The van der Waals surface area contributed by atoms with Crippen molar-refractivity contribution in [2.24, 2.45) is 10.4 Å². The smallest absolute Gasteiger partial charge is 0.165 e. The normalized spacial score (nSPS) is 21.9. The van der Waals surface area contributed by atoms with E-state index in [-0.39, 0.29) is 11.2 Å². The summed E-state index contributed by atoms with van der Waals surface area (Å²) in [5.74, 6) is 0.255. The Kier molecular flexibility index (Phi) is 4.73. The highest BCUT2D eigenvalue weighted by atomic mass is 16.5. The molecule has 0 unspecified atom stereocenters. The molecule has 3 rings (SSSR count). The van der Waals surface area contributed by atoms with Crippen molar-refractivity contribution in [2.75, 3.05) is 13.2 Å². The predicted octanol–water partition coefficient (Wildman–Crippen LogP) is 3.79. The summed E-state index contributed by atoms with van der Waals surface area (Å²) >= 11 is 0. The van der Waals surface area contributed by atoms with Crippen LogP contribution in [0.2, 0.25) is 0 Å². The van der Waals surface area contributed by atoms with Crippen molar-refractivity contribution in [3.05, 3.63) is 47.0 Å². The minimum atomic E-state index is -0.189. The number of allylic oxidation sites excluding steroid dienone is 2. The van der Waals surface area contributed by atoms with Crippen LogP contribution in [-0.4, -0.2) is 25.2 Å². The summed E-state index contributed by atoms with van der Waals surface area (Å²) in [5.41, 5.74) is 3.08. The predicted molar refractivity (Wildman–Crippen MR) is 94.3 cm³/mol. The van der Waals surface area contributed by atoms with E-state index >= 15 is 0 Å². The Morgan fingerprint density at radius 3 is 2.75 bits per heavy atom. The molecule has 2 aliphatic rings. The van der Waals surface area contributed by atoms with Crippen LogP contribution in [0.25, 0.3) is 11.8 Å². The van der Waals surface area contributed by atoms with Crippen LogP contribution in [0.1, 0.15) is 37.3 Å². The number of hydrogen-bond donors (Lipinski definition) is 0.